The highest BCUT2D eigenvalue weighted by molar-refractivity contribution is 5.71. The van der Waals surface area contributed by atoms with Crippen LogP contribution < -0.4 is 16.4 Å². The summed E-state index contributed by atoms with van der Waals surface area (Å²) in [4.78, 5) is 20.4. The minimum absolute atomic E-state index is 0.210. The summed E-state index contributed by atoms with van der Waals surface area (Å²) in [6, 6.07) is -0.530. The third-order valence-electron chi connectivity index (χ3n) is 1.60. The van der Waals surface area contributed by atoms with E-state index >= 15 is 0 Å². The summed E-state index contributed by atoms with van der Waals surface area (Å²) in [7, 11) is 0. The lowest BCUT2D eigenvalue weighted by Crippen LogP contribution is -2.35. The quantitative estimate of drug-likeness (QED) is 0.399. The molecule has 0 atom stereocenters. The minimum Gasteiger partial charge on any atom is -0.481 e. The van der Waals surface area contributed by atoms with Gasteiger partial charge in [0.25, 0.3) is 0 Å². The predicted octanol–water partition coefficient (Wildman–Crippen LogP) is -0.501. The number of carboxylic acid groups (broad SMARTS) is 1. The molecule has 82 valence electrons. The third kappa shape index (κ3) is 10.7. The molecule has 6 heteroatoms. The SMILES string of the molecule is NC(=O)NCCNCCCCC(=O)O. The summed E-state index contributed by atoms with van der Waals surface area (Å²) in [5.74, 6) is -0.764. The van der Waals surface area contributed by atoms with Crippen LogP contribution in [0.4, 0.5) is 4.79 Å². The van der Waals surface area contributed by atoms with E-state index in [1.165, 1.54) is 0 Å². The van der Waals surface area contributed by atoms with E-state index in [9.17, 15) is 9.59 Å². The second kappa shape index (κ2) is 8.31. The van der Waals surface area contributed by atoms with E-state index in [1.807, 2.05) is 0 Å². The average Bonchev–Trinajstić information content (AvgIpc) is 2.08. The van der Waals surface area contributed by atoms with Crippen molar-refractivity contribution in [2.24, 2.45) is 5.73 Å². The van der Waals surface area contributed by atoms with Gasteiger partial charge in [0, 0.05) is 19.5 Å². The molecule has 0 aliphatic heterocycles. The van der Waals surface area contributed by atoms with Crippen LogP contribution in [0.2, 0.25) is 0 Å². The first-order valence-corrected chi connectivity index (χ1v) is 4.58. The van der Waals surface area contributed by atoms with Crippen LogP contribution in [0.5, 0.6) is 0 Å². The van der Waals surface area contributed by atoms with Gasteiger partial charge in [-0.15, -0.1) is 0 Å². The molecule has 0 rings (SSSR count). The van der Waals surface area contributed by atoms with Crippen LogP contribution in [0.15, 0.2) is 0 Å². The maximum absolute atomic E-state index is 10.2. The molecule has 14 heavy (non-hydrogen) atoms. The zero-order valence-corrected chi connectivity index (χ0v) is 8.08. The van der Waals surface area contributed by atoms with Crippen molar-refractivity contribution in [1.29, 1.82) is 0 Å². The van der Waals surface area contributed by atoms with Gasteiger partial charge in [-0.2, -0.15) is 0 Å². The Labute approximate surface area is 82.9 Å². The third-order valence-corrected chi connectivity index (χ3v) is 1.60. The summed E-state index contributed by atoms with van der Waals surface area (Å²) < 4.78 is 0. The number of carbonyl (C=O) groups excluding carboxylic acids is 1. The van der Waals surface area contributed by atoms with Crippen molar-refractivity contribution in [3.05, 3.63) is 0 Å². The molecule has 5 N–H and O–H groups in total. The smallest absolute Gasteiger partial charge is 0.312 e. The highest BCUT2D eigenvalue weighted by Crippen LogP contribution is 1.92. The molecule has 0 unspecified atom stereocenters. The number of amides is 2. The van der Waals surface area contributed by atoms with E-state index in [0.29, 0.717) is 19.5 Å². The van der Waals surface area contributed by atoms with E-state index in [0.717, 1.165) is 13.0 Å². The molecule has 0 aliphatic carbocycles. The first kappa shape index (κ1) is 12.7. The average molecular weight is 203 g/mol. The van der Waals surface area contributed by atoms with E-state index in [4.69, 9.17) is 10.8 Å². The summed E-state index contributed by atoms with van der Waals surface area (Å²) >= 11 is 0. The Balaban J connectivity index is 2.99. The number of hydrogen-bond acceptors (Lipinski definition) is 3. The van der Waals surface area contributed by atoms with Gasteiger partial charge in [-0.05, 0) is 19.4 Å². The van der Waals surface area contributed by atoms with Gasteiger partial charge in [-0.1, -0.05) is 0 Å². The van der Waals surface area contributed by atoms with Crippen LogP contribution >= 0.6 is 0 Å². The van der Waals surface area contributed by atoms with Gasteiger partial charge in [0.1, 0.15) is 0 Å². The molecule has 0 radical (unpaired) electrons. The van der Waals surface area contributed by atoms with Gasteiger partial charge in [0.15, 0.2) is 0 Å². The van der Waals surface area contributed by atoms with Crippen molar-refractivity contribution in [3.8, 4) is 0 Å². The molecule has 6 nitrogen and oxygen atoms in total. The first-order chi connectivity index (χ1) is 6.63. The fraction of sp³-hybridized carbons (Fsp3) is 0.750. The van der Waals surface area contributed by atoms with Crippen LogP contribution in [0.1, 0.15) is 19.3 Å². The van der Waals surface area contributed by atoms with Crippen LogP contribution in [0.25, 0.3) is 0 Å². The second-order valence-corrected chi connectivity index (χ2v) is 2.89. The Kier molecular flexibility index (Phi) is 7.53. The number of unbranched alkanes of at least 4 members (excludes halogenated alkanes) is 1. The maximum atomic E-state index is 10.2. The number of primary amides is 1. The van der Waals surface area contributed by atoms with Gasteiger partial charge in [0.05, 0.1) is 0 Å². The highest BCUT2D eigenvalue weighted by Gasteiger charge is 1.95. The van der Waals surface area contributed by atoms with Crippen molar-refractivity contribution in [1.82, 2.24) is 10.6 Å². The van der Waals surface area contributed by atoms with E-state index in [-0.39, 0.29) is 6.42 Å². The van der Waals surface area contributed by atoms with Crippen molar-refractivity contribution >= 4 is 12.0 Å². The van der Waals surface area contributed by atoms with Crippen LogP contribution in [-0.4, -0.2) is 36.7 Å². The fourth-order valence-electron chi connectivity index (χ4n) is 0.925. The van der Waals surface area contributed by atoms with Crippen molar-refractivity contribution < 1.29 is 14.7 Å². The van der Waals surface area contributed by atoms with Crippen molar-refractivity contribution in [2.45, 2.75) is 19.3 Å². The number of hydrogen-bond donors (Lipinski definition) is 4. The Morgan fingerprint density at radius 1 is 1.14 bits per heavy atom. The number of carboxylic acids is 1. The Morgan fingerprint density at radius 3 is 2.43 bits per heavy atom. The number of nitrogens with one attached hydrogen (secondary N) is 2. The lowest BCUT2D eigenvalue weighted by Gasteiger charge is -2.03. The lowest BCUT2D eigenvalue weighted by molar-refractivity contribution is -0.137. The van der Waals surface area contributed by atoms with Gasteiger partial charge in [-0.25, -0.2) is 4.79 Å². The summed E-state index contributed by atoms with van der Waals surface area (Å²) in [6.07, 6.45) is 1.70. The van der Waals surface area contributed by atoms with Crippen molar-refractivity contribution in [2.75, 3.05) is 19.6 Å². The number of carbonyl (C=O) groups is 2. The molecule has 0 saturated carbocycles. The molecule has 0 bridgehead atoms. The van der Waals surface area contributed by atoms with Gasteiger partial charge < -0.3 is 21.5 Å². The topological polar surface area (TPSA) is 104 Å². The molecule has 0 heterocycles. The number of rotatable bonds is 8. The molecule has 2 amide bonds. The summed E-state index contributed by atoms with van der Waals surface area (Å²) in [6.45, 7) is 1.90. The van der Waals surface area contributed by atoms with E-state index in [1.54, 1.807) is 0 Å². The van der Waals surface area contributed by atoms with Gasteiger partial charge >= 0.3 is 12.0 Å². The van der Waals surface area contributed by atoms with Crippen LogP contribution in [-0.2, 0) is 4.79 Å². The number of aliphatic carboxylic acids is 1. The molecule has 0 aromatic rings. The van der Waals surface area contributed by atoms with Gasteiger partial charge in [-0.3, -0.25) is 4.79 Å². The Bertz CT molecular complexity index is 165. The monoisotopic (exact) mass is 203 g/mol. The zero-order chi connectivity index (χ0) is 10.8. The first-order valence-electron chi connectivity index (χ1n) is 4.58. The fourth-order valence-corrected chi connectivity index (χ4v) is 0.925. The number of nitrogens with two attached hydrogens (primary N) is 1. The van der Waals surface area contributed by atoms with E-state index in [2.05, 4.69) is 10.6 Å². The molecule has 0 aliphatic rings. The molecular weight excluding hydrogens is 186 g/mol. The molecule has 0 aromatic heterocycles. The van der Waals surface area contributed by atoms with Crippen molar-refractivity contribution in [3.63, 3.8) is 0 Å². The predicted molar refractivity (Wildman–Crippen MR) is 51.9 cm³/mol. The summed E-state index contributed by atoms with van der Waals surface area (Å²) in [5, 5.41) is 13.8. The maximum Gasteiger partial charge on any atom is 0.312 e. The molecule has 0 spiro atoms. The number of urea groups is 1. The Hall–Kier alpha value is -1.30. The molecular formula is C8H17N3O3. The molecule has 0 saturated heterocycles. The van der Waals surface area contributed by atoms with Crippen LogP contribution in [0.3, 0.4) is 0 Å². The zero-order valence-electron chi connectivity index (χ0n) is 8.08. The van der Waals surface area contributed by atoms with E-state index < -0.39 is 12.0 Å². The normalized spacial score (nSPS) is 9.71. The summed E-state index contributed by atoms with van der Waals surface area (Å²) in [5.41, 5.74) is 4.85. The second-order valence-electron chi connectivity index (χ2n) is 2.89. The molecule has 0 aromatic carbocycles. The minimum atomic E-state index is -0.764. The highest BCUT2D eigenvalue weighted by atomic mass is 16.4. The van der Waals surface area contributed by atoms with Crippen LogP contribution in [0, 0.1) is 0 Å². The lowest BCUT2D eigenvalue weighted by atomic mass is 10.2. The van der Waals surface area contributed by atoms with Gasteiger partial charge in [0.2, 0.25) is 0 Å². The molecule has 0 fully saturated rings. The Morgan fingerprint density at radius 2 is 1.86 bits per heavy atom. The largest absolute Gasteiger partial charge is 0.481 e. The standard InChI is InChI=1S/C8H17N3O3/c9-8(14)11-6-5-10-4-2-1-3-7(12)13/h10H,1-6H2,(H,12,13)(H3,9,11,14).